The van der Waals surface area contributed by atoms with Crippen LogP contribution < -0.4 is 15.5 Å². The number of hydrogen-bond acceptors (Lipinski definition) is 5. The number of para-hydroxylation sites is 2. The standard InChI is InChI=1S/C25H30FN5O3/c1-18-6-2-4-8-20(18)28-23(32)16-22-25(34)27-10-11-31(22)24(33)17-29-12-14-30(15-13-29)21-9-5-3-7-19(21)26/h2-9,22H,10-17H2,1H3,(H,27,34)(H,28,32). The molecule has 2 heterocycles. The summed E-state index contributed by atoms with van der Waals surface area (Å²) in [5, 5.41) is 5.60. The van der Waals surface area contributed by atoms with Gasteiger partial charge in [0.15, 0.2) is 0 Å². The zero-order valence-corrected chi connectivity index (χ0v) is 19.3. The molecule has 2 fully saturated rings. The largest absolute Gasteiger partial charge is 0.367 e. The SMILES string of the molecule is Cc1ccccc1NC(=O)CC1C(=O)NCCN1C(=O)CN1CCN(c2ccccc2F)CC1. The first-order valence-corrected chi connectivity index (χ1v) is 11.6. The molecule has 2 aromatic carbocycles. The van der Waals surface area contributed by atoms with Crippen molar-refractivity contribution in [1.82, 2.24) is 15.1 Å². The van der Waals surface area contributed by atoms with Crippen LogP contribution in [0, 0.1) is 12.7 Å². The van der Waals surface area contributed by atoms with Crippen LogP contribution in [0.5, 0.6) is 0 Å². The fourth-order valence-corrected chi connectivity index (χ4v) is 4.44. The van der Waals surface area contributed by atoms with Crippen molar-refractivity contribution < 1.29 is 18.8 Å². The predicted molar refractivity (Wildman–Crippen MR) is 128 cm³/mol. The van der Waals surface area contributed by atoms with Gasteiger partial charge >= 0.3 is 0 Å². The molecule has 180 valence electrons. The number of amides is 3. The van der Waals surface area contributed by atoms with Gasteiger partial charge in [-0.3, -0.25) is 19.3 Å². The topological polar surface area (TPSA) is 85.0 Å². The van der Waals surface area contributed by atoms with Gasteiger partial charge in [0.2, 0.25) is 17.7 Å². The van der Waals surface area contributed by atoms with E-state index in [9.17, 15) is 18.8 Å². The normalized spacial score (nSPS) is 19.0. The van der Waals surface area contributed by atoms with Gasteiger partial charge in [-0.05, 0) is 30.7 Å². The molecule has 2 aromatic rings. The molecule has 4 rings (SSSR count). The highest BCUT2D eigenvalue weighted by Gasteiger charge is 2.35. The summed E-state index contributed by atoms with van der Waals surface area (Å²) in [7, 11) is 0. The van der Waals surface area contributed by atoms with Gasteiger partial charge in [-0.25, -0.2) is 4.39 Å². The average molecular weight is 468 g/mol. The van der Waals surface area contributed by atoms with E-state index in [2.05, 4.69) is 10.6 Å². The van der Waals surface area contributed by atoms with Crippen molar-refractivity contribution in [2.24, 2.45) is 0 Å². The zero-order valence-electron chi connectivity index (χ0n) is 19.3. The summed E-state index contributed by atoms with van der Waals surface area (Å²) in [5.74, 6) is -1.06. The lowest BCUT2D eigenvalue weighted by atomic mass is 10.1. The number of carbonyl (C=O) groups excluding carboxylic acids is 3. The summed E-state index contributed by atoms with van der Waals surface area (Å²) in [4.78, 5) is 43.8. The maximum atomic E-state index is 14.1. The molecule has 0 aromatic heterocycles. The molecule has 1 atom stereocenters. The van der Waals surface area contributed by atoms with E-state index >= 15 is 0 Å². The summed E-state index contributed by atoms with van der Waals surface area (Å²) >= 11 is 0. The molecule has 2 aliphatic heterocycles. The van der Waals surface area contributed by atoms with E-state index in [0.29, 0.717) is 50.6 Å². The maximum absolute atomic E-state index is 14.1. The van der Waals surface area contributed by atoms with E-state index in [4.69, 9.17) is 0 Å². The molecule has 0 radical (unpaired) electrons. The van der Waals surface area contributed by atoms with Crippen LogP contribution in [0.25, 0.3) is 0 Å². The van der Waals surface area contributed by atoms with Gasteiger partial charge in [0.05, 0.1) is 18.7 Å². The van der Waals surface area contributed by atoms with Crippen LogP contribution in [0.4, 0.5) is 15.8 Å². The third kappa shape index (κ3) is 5.53. The Labute approximate surface area is 198 Å². The molecule has 8 nitrogen and oxygen atoms in total. The van der Waals surface area contributed by atoms with Crippen molar-refractivity contribution in [3.05, 3.63) is 59.9 Å². The van der Waals surface area contributed by atoms with Crippen molar-refractivity contribution in [1.29, 1.82) is 0 Å². The molecule has 0 spiro atoms. The second kappa shape index (κ2) is 10.6. The summed E-state index contributed by atoms with van der Waals surface area (Å²) in [5.41, 5.74) is 2.18. The van der Waals surface area contributed by atoms with Crippen LogP contribution in [0.3, 0.4) is 0 Å². The van der Waals surface area contributed by atoms with E-state index in [1.54, 1.807) is 18.2 Å². The number of piperazine rings is 2. The predicted octanol–water partition coefficient (Wildman–Crippen LogP) is 1.61. The van der Waals surface area contributed by atoms with Gasteiger partial charge in [-0.15, -0.1) is 0 Å². The molecule has 2 saturated heterocycles. The highest BCUT2D eigenvalue weighted by Crippen LogP contribution is 2.21. The van der Waals surface area contributed by atoms with Gasteiger partial charge in [0.1, 0.15) is 11.9 Å². The van der Waals surface area contributed by atoms with E-state index in [0.717, 1.165) is 5.56 Å². The molecule has 2 N–H and O–H groups in total. The van der Waals surface area contributed by atoms with Crippen LogP contribution in [0.15, 0.2) is 48.5 Å². The third-order valence-corrected chi connectivity index (χ3v) is 6.37. The minimum Gasteiger partial charge on any atom is -0.367 e. The quantitative estimate of drug-likeness (QED) is 0.675. The molecule has 1 unspecified atom stereocenters. The van der Waals surface area contributed by atoms with Crippen molar-refractivity contribution in [2.75, 3.05) is 56.0 Å². The van der Waals surface area contributed by atoms with Gasteiger partial charge in [-0.1, -0.05) is 30.3 Å². The minimum atomic E-state index is -0.843. The molecule has 0 bridgehead atoms. The summed E-state index contributed by atoms with van der Waals surface area (Å²) in [6.45, 7) is 5.22. The number of hydrogen-bond donors (Lipinski definition) is 2. The fourth-order valence-electron chi connectivity index (χ4n) is 4.44. The Kier molecular flexibility index (Phi) is 7.42. The Balaban J connectivity index is 1.34. The Bertz CT molecular complexity index is 1050. The van der Waals surface area contributed by atoms with Crippen molar-refractivity contribution in [3.8, 4) is 0 Å². The lowest BCUT2D eigenvalue weighted by Gasteiger charge is -2.39. The number of rotatable bonds is 6. The minimum absolute atomic E-state index is 0.104. The van der Waals surface area contributed by atoms with Crippen LogP contribution in [0.2, 0.25) is 0 Å². The molecule has 0 aliphatic carbocycles. The first-order valence-electron chi connectivity index (χ1n) is 11.6. The summed E-state index contributed by atoms with van der Waals surface area (Å²) in [6.07, 6.45) is -0.104. The lowest BCUT2D eigenvalue weighted by molar-refractivity contribution is -0.145. The maximum Gasteiger partial charge on any atom is 0.243 e. The van der Waals surface area contributed by atoms with Gasteiger partial charge in [0.25, 0.3) is 0 Å². The number of carbonyl (C=O) groups is 3. The lowest BCUT2D eigenvalue weighted by Crippen LogP contribution is -2.60. The van der Waals surface area contributed by atoms with Gasteiger partial charge < -0.3 is 20.4 Å². The summed E-state index contributed by atoms with van der Waals surface area (Å²) in [6, 6.07) is 13.3. The number of nitrogens with one attached hydrogen (secondary N) is 2. The van der Waals surface area contributed by atoms with Crippen LogP contribution in [0.1, 0.15) is 12.0 Å². The first-order chi connectivity index (χ1) is 16.4. The fraction of sp³-hybridized carbons (Fsp3) is 0.400. The molecule has 0 saturated carbocycles. The van der Waals surface area contributed by atoms with E-state index in [1.165, 1.54) is 11.0 Å². The van der Waals surface area contributed by atoms with Gasteiger partial charge in [-0.2, -0.15) is 0 Å². The molecular weight excluding hydrogens is 437 g/mol. The Morgan fingerprint density at radius 3 is 2.47 bits per heavy atom. The van der Waals surface area contributed by atoms with Crippen molar-refractivity contribution >= 4 is 29.1 Å². The van der Waals surface area contributed by atoms with Crippen LogP contribution in [-0.2, 0) is 14.4 Å². The number of nitrogens with zero attached hydrogens (tertiary/aromatic N) is 3. The molecular formula is C25H30FN5O3. The zero-order chi connectivity index (χ0) is 24.1. The Hall–Kier alpha value is -3.46. The van der Waals surface area contributed by atoms with Crippen molar-refractivity contribution in [3.63, 3.8) is 0 Å². The third-order valence-electron chi connectivity index (χ3n) is 6.37. The highest BCUT2D eigenvalue weighted by molar-refractivity contribution is 5.98. The number of halogens is 1. The number of anilines is 2. The van der Waals surface area contributed by atoms with Crippen LogP contribution >= 0.6 is 0 Å². The first kappa shape index (κ1) is 23.7. The number of aryl methyl sites for hydroxylation is 1. The smallest absolute Gasteiger partial charge is 0.243 e. The van der Waals surface area contributed by atoms with E-state index < -0.39 is 6.04 Å². The highest BCUT2D eigenvalue weighted by atomic mass is 19.1. The van der Waals surface area contributed by atoms with Crippen molar-refractivity contribution in [2.45, 2.75) is 19.4 Å². The molecule has 34 heavy (non-hydrogen) atoms. The number of benzene rings is 2. The monoisotopic (exact) mass is 467 g/mol. The Morgan fingerprint density at radius 2 is 1.74 bits per heavy atom. The van der Waals surface area contributed by atoms with Crippen LogP contribution in [-0.4, -0.2) is 79.4 Å². The average Bonchev–Trinajstić information content (AvgIpc) is 2.83. The summed E-state index contributed by atoms with van der Waals surface area (Å²) < 4.78 is 14.1. The molecule has 9 heteroatoms. The molecule has 3 amide bonds. The Morgan fingerprint density at radius 1 is 1.03 bits per heavy atom. The molecule has 2 aliphatic rings. The second-order valence-electron chi connectivity index (χ2n) is 8.68. The van der Waals surface area contributed by atoms with E-state index in [-0.39, 0.29) is 36.5 Å². The van der Waals surface area contributed by atoms with Gasteiger partial charge in [0, 0.05) is 45.0 Å². The second-order valence-corrected chi connectivity index (χ2v) is 8.68. The van der Waals surface area contributed by atoms with E-state index in [1.807, 2.05) is 41.0 Å².